The summed E-state index contributed by atoms with van der Waals surface area (Å²) in [7, 11) is 0. The van der Waals surface area contributed by atoms with Crippen LogP contribution in [0.25, 0.3) is 33.0 Å². The molecule has 0 spiro atoms. The predicted octanol–water partition coefficient (Wildman–Crippen LogP) is 7.82. The molecule has 0 saturated carbocycles. The molecule has 5 aromatic rings. The highest BCUT2D eigenvalue weighted by Gasteiger charge is 2.29. The Balaban J connectivity index is 1.53. The number of hydrogen-bond donors (Lipinski definition) is 0. The molecule has 0 heterocycles. The average molecular weight is 453 g/mol. The minimum atomic E-state index is -0.0904. The fraction of sp³-hybridized carbons (Fsp3) is 0.0909. The molecule has 2 nitrogen and oxygen atoms in total. The van der Waals surface area contributed by atoms with Crippen molar-refractivity contribution in [3.63, 3.8) is 0 Å². The van der Waals surface area contributed by atoms with Gasteiger partial charge in [0.05, 0.1) is 0 Å². The van der Waals surface area contributed by atoms with E-state index in [-0.39, 0.29) is 11.6 Å². The van der Waals surface area contributed by atoms with Gasteiger partial charge in [-0.25, -0.2) is 0 Å². The Morgan fingerprint density at radius 3 is 1.91 bits per heavy atom. The lowest BCUT2D eigenvalue weighted by Gasteiger charge is -2.19. The third-order valence-corrected chi connectivity index (χ3v) is 7.16. The molecule has 0 amide bonds. The molecular formula is C33H24O2. The first-order valence-corrected chi connectivity index (χ1v) is 12.0. The maximum absolute atomic E-state index is 13.3. The Morgan fingerprint density at radius 2 is 1.17 bits per heavy atom. The molecule has 5 aromatic carbocycles. The first kappa shape index (κ1) is 21.2. The Kier molecular flexibility index (Phi) is 4.96. The first-order chi connectivity index (χ1) is 17.1. The van der Waals surface area contributed by atoms with E-state index in [1.54, 1.807) is 30.3 Å². The van der Waals surface area contributed by atoms with Gasteiger partial charge in [-0.05, 0) is 75.7 Å². The summed E-state index contributed by atoms with van der Waals surface area (Å²) in [5, 5.41) is 2.46. The Hall–Kier alpha value is -4.30. The molecule has 0 aliphatic heterocycles. The number of rotatable bonds is 3. The summed E-state index contributed by atoms with van der Waals surface area (Å²) >= 11 is 0. The zero-order valence-electron chi connectivity index (χ0n) is 19.8. The summed E-state index contributed by atoms with van der Waals surface area (Å²) in [5.41, 5.74) is 8.88. The van der Waals surface area contributed by atoms with E-state index < -0.39 is 0 Å². The molecular weight excluding hydrogens is 428 g/mol. The van der Waals surface area contributed by atoms with Crippen molar-refractivity contribution < 1.29 is 9.59 Å². The topological polar surface area (TPSA) is 34.1 Å². The highest BCUT2D eigenvalue weighted by Crippen LogP contribution is 2.38. The molecule has 0 atom stereocenters. The summed E-state index contributed by atoms with van der Waals surface area (Å²) in [5.74, 6) is -0.178. The number of carbonyl (C=O) groups is 2. The maximum Gasteiger partial charge on any atom is 0.194 e. The Labute approximate surface area is 204 Å². The minimum absolute atomic E-state index is 0.0878. The van der Waals surface area contributed by atoms with Crippen molar-refractivity contribution in [1.82, 2.24) is 0 Å². The zero-order valence-corrected chi connectivity index (χ0v) is 19.8. The Bertz CT molecular complexity index is 1670. The van der Waals surface area contributed by atoms with E-state index in [1.165, 1.54) is 33.0 Å². The Morgan fingerprint density at radius 1 is 0.571 bits per heavy atom. The normalized spacial score (nSPS) is 12.5. The smallest absolute Gasteiger partial charge is 0.194 e. The minimum Gasteiger partial charge on any atom is -0.289 e. The molecule has 168 valence electrons. The number of benzene rings is 5. The van der Waals surface area contributed by atoms with Gasteiger partial charge in [0.25, 0.3) is 0 Å². The largest absolute Gasteiger partial charge is 0.289 e. The quantitative estimate of drug-likeness (QED) is 0.274. The van der Waals surface area contributed by atoms with Gasteiger partial charge in [0.2, 0.25) is 0 Å². The van der Waals surface area contributed by atoms with E-state index in [4.69, 9.17) is 0 Å². The highest BCUT2D eigenvalue weighted by atomic mass is 16.1. The molecule has 2 heteroatoms. The van der Waals surface area contributed by atoms with E-state index in [0.29, 0.717) is 22.3 Å². The lowest BCUT2D eigenvalue weighted by atomic mass is 9.82. The third kappa shape index (κ3) is 3.33. The summed E-state index contributed by atoms with van der Waals surface area (Å²) in [6.07, 6.45) is 0.923. The lowest BCUT2D eigenvalue weighted by Crippen LogP contribution is -2.20. The molecule has 0 fully saturated rings. The summed E-state index contributed by atoms with van der Waals surface area (Å²) in [6.45, 7) is 4.34. The second kappa shape index (κ2) is 8.18. The van der Waals surface area contributed by atoms with Crippen molar-refractivity contribution in [3.8, 4) is 22.3 Å². The molecule has 1 aliphatic carbocycles. The molecule has 0 aromatic heterocycles. The first-order valence-electron chi connectivity index (χ1n) is 12.0. The van der Waals surface area contributed by atoms with Gasteiger partial charge in [-0.15, -0.1) is 0 Å². The van der Waals surface area contributed by atoms with E-state index >= 15 is 0 Å². The highest BCUT2D eigenvalue weighted by molar-refractivity contribution is 6.28. The van der Waals surface area contributed by atoms with E-state index in [0.717, 1.165) is 17.5 Å². The number of carbonyl (C=O) groups excluding carboxylic acids is 2. The molecule has 0 unspecified atom stereocenters. The van der Waals surface area contributed by atoms with Gasteiger partial charge in [-0.3, -0.25) is 9.59 Å². The third-order valence-electron chi connectivity index (χ3n) is 7.16. The van der Waals surface area contributed by atoms with Crippen LogP contribution in [0.15, 0.2) is 97.1 Å². The van der Waals surface area contributed by atoms with Gasteiger partial charge in [0.1, 0.15) is 0 Å². The van der Waals surface area contributed by atoms with Crippen molar-refractivity contribution in [3.05, 3.63) is 130 Å². The second-order valence-electron chi connectivity index (χ2n) is 9.17. The van der Waals surface area contributed by atoms with Crippen molar-refractivity contribution in [1.29, 1.82) is 0 Å². The standard InChI is InChI=1S/C33H24O2/c1-3-21-14-15-23(18-29(21)31-20(2)12-13-22-8-4-5-9-25(22)31)24-16-17-28-30(19-24)33(35)27-11-7-6-10-26(27)32(28)34/h4-19H,3H2,1-2H3. The van der Waals surface area contributed by atoms with Crippen LogP contribution in [0.5, 0.6) is 0 Å². The number of hydrogen-bond acceptors (Lipinski definition) is 2. The number of ketones is 2. The predicted molar refractivity (Wildman–Crippen MR) is 142 cm³/mol. The van der Waals surface area contributed by atoms with Gasteiger partial charge in [-0.1, -0.05) is 85.8 Å². The zero-order chi connectivity index (χ0) is 24.1. The van der Waals surface area contributed by atoms with Crippen molar-refractivity contribution in [2.45, 2.75) is 20.3 Å². The van der Waals surface area contributed by atoms with Crippen LogP contribution < -0.4 is 0 Å². The van der Waals surface area contributed by atoms with Crippen LogP contribution in [0, 0.1) is 6.92 Å². The monoisotopic (exact) mass is 452 g/mol. The number of fused-ring (bicyclic) bond motifs is 3. The molecule has 6 rings (SSSR count). The van der Waals surface area contributed by atoms with Crippen molar-refractivity contribution in [2.24, 2.45) is 0 Å². The van der Waals surface area contributed by atoms with Crippen molar-refractivity contribution >= 4 is 22.3 Å². The SMILES string of the molecule is CCc1ccc(-c2ccc3c(c2)C(=O)c2ccccc2C3=O)cc1-c1c(C)ccc2ccccc12. The molecule has 0 radical (unpaired) electrons. The van der Waals surface area contributed by atoms with Crippen LogP contribution in [0.2, 0.25) is 0 Å². The molecule has 0 bridgehead atoms. The van der Waals surface area contributed by atoms with Gasteiger partial charge < -0.3 is 0 Å². The summed E-state index contributed by atoms with van der Waals surface area (Å²) in [6, 6.07) is 32.1. The summed E-state index contributed by atoms with van der Waals surface area (Å²) in [4.78, 5) is 26.3. The van der Waals surface area contributed by atoms with E-state index in [2.05, 4.69) is 68.4 Å². The lowest BCUT2D eigenvalue weighted by molar-refractivity contribution is 0.0979. The van der Waals surface area contributed by atoms with Gasteiger partial charge >= 0.3 is 0 Å². The van der Waals surface area contributed by atoms with Gasteiger partial charge in [0, 0.05) is 22.3 Å². The average Bonchev–Trinajstić information content (AvgIpc) is 2.91. The number of aryl methyl sites for hydroxylation is 2. The van der Waals surface area contributed by atoms with E-state index in [1.807, 2.05) is 12.1 Å². The molecule has 0 N–H and O–H groups in total. The fourth-order valence-electron chi connectivity index (χ4n) is 5.31. The fourth-order valence-corrected chi connectivity index (χ4v) is 5.31. The van der Waals surface area contributed by atoms with Crippen LogP contribution >= 0.6 is 0 Å². The molecule has 1 aliphatic rings. The van der Waals surface area contributed by atoms with Crippen LogP contribution in [-0.4, -0.2) is 11.6 Å². The maximum atomic E-state index is 13.3. The second-order valence-corrected chi connectivity index (χ2v) is 9.17. The molecule has 0 saturated heterocycles. The van der Waals surface area contributed by atoms with E-state index in [9.17, 15) is 9.59 Å². The van der Waals surface area contributed by atoms with Crippen LogP contribution in [0.4, 0.5) is 0 Å². The van der Waals surface area contributed by atoms with Crippen LogP contribution in [0.1, 0.15) is 49.9 Å². The van der Waals surface area contributed by atoms with Crippen LogP contribution in [0.3, 0.4) is 0 Å². The van der Waals surface area contributed by atoms with Crippen LogP contribution in [-0.2, 0) is 6.42 Å². The van der Waals surface area contributed by atoms with Gasteiger partial charge in [0.15, 0.2) is 11.6 Å². The summed E-state index contributed by atoms with van der Waals surface area (Å²) < 4.78 is 0. The van der Waals surface area contributed by atoms with Crippen molar-refractivity contribution in [2.75, 3.05) is 0 Å². The molecule has 35 heavy (non-hydrogen) atoms. The van der Waals surface area contributed by atoms with Gasteiger partial charge in [-0.2, -0.15) is 0 Å².